The van der Waals surface area contributed by atoms with Gasteiger partial charge in [-0.3, -0.25) is 9.59 Å². The molecule has 24 heavy (non-hydrogen) atoms. The molecule has 0 unspecified atom stereocenters. The zero-order valence-electron chi connectivity index (χ0n) is 13.7. The first-order valence-electron chi connectivity index (χ1n) is 7.89. The van der Waals surface area contributed by atoms with Gasteiger partial charge in [0, 0.05) is 30.8 Å². The lowest BCUT2D eigenvalue weighted by Crippen LogP contribution is -2.44. The molecule has 0 radical (unpaired) electrons. The number of nitrogens with zero attached hydrogens (tertiary/aromatic N) is 1. The van der Waals surface area contributed by atoms with E-state index in [4.69, 9.17) is 10.5 Å². The van der Waals surface area contributed by atoms with Crippen molar-refractivity contribution in [1.29, 1.82) is 0 Å². The molecule has 3 N–H and O–H groups in total. The van der Waals surface area contributed by atoms with Gasteiger partial charge >= 0.3 is 0 Å². The average Bonchev–Trinajstić information content (AvgIpc) is 2.58. The Labute approximate surface area is 140 Å². The van der Waals surface area contributed by atoms with E-state index in [1.807, 2.05) is 6.92 Å². The van der Waals surface area contributed by atoms with Gasteiger partial charge in [-0.25, -0.2) is 4.39 Å². The number of likely N-dealkylation sites (N-methyl/N-ethyl adjacent to an activating group) is 1. The van der Waals surface area contributed by atoms with E-state index in [0.29, 0.717) is 42.7 Å². The van der Waals surface area contributed by atoms with Crippen LogP contribution in [0.4, 0.5) is 4.39 Å². The van der Waals surface area contributed by atoms with Crippen molar-refractivity contribution >= 4 is 11.8 Å². The third-order valence-electron chi connectivity index (χ3n) is 3.79. The lowest BCUT2D eigenvalue weighted by Gasteiger charge is -2.28. The molecule has 0 spiro atoms. The van der Waals surface area contributed by atoms with Crippen LogP contribution in [0, 0.1) is 0 Å². The van der Waals surface area contributed by atoms with E-state index in [0.717, 1.165) is 5.56 Å². The standard InChI is InChI=1S/C17H22FN3O3/c1-2-20-16(22)10-21-6-5-13-7-14(3-4-15(13)17(21)23)24-11-12(8-18)9-19/h3-4,7-8H,2,5-6,9-11,19H2,1H3,(H,20,22)/b12-8+. The number of fused-ring (bicyclic) bond motifs is 1. The highest BCUT2D eigenvalue weighted by atomic mass is 19.1. The number of carbonyl (C=O) groups excluding carboxylic acids is 2. The first kappa shape index (κ1) is 17.9. The molecule has 0 bridgehead atoms. The zero-order valence-corrected chi connectivity index (χ0v) is 13.7. The van der Waals surface area contributed by atoms with E-state index in [-0.39, 0.29) is 31.5 Å². The van der Waals surface area contributed by atoms with Crippen LogP contribution in [0.1, 0.15) is 22.8 Å². The molecule has 1 heterocycles. The molecule has 1 aromatic rings. The number of halogens is 1. The average molecular weight is 335 g/mol. The van der Waals surface area contributed by atoms with Crippen molar-refractivity contribution in [2.45, 2.75) is 13.3 Å². The second-order valence-corrected chi connectivity index (χ2v) is 5.51. The zero-order chi connectivity index (χ0) is 17.5. The molecule has 0 aromatic heterocycles. The van der Waals surface area contributed by atoms with Crippen LogP contribution < -0.4 is 15.8 Å². The molecular weight excluding hydrogens is 313 g/mol. The summed E-state index contributed by atoms with van der Waals surface area (Å²) in [5.41, 5.74) is 7.17. The second kappa shape index (κ2) is 8.44. The maximum atomic E-state index is 12.5. The maximum absolute atomic E-state index is 12.5. The fraction of sp³-hybridized carbons (Fsp3) is 0.412. The molecule has 6 nitrogen and oxygen atoms in total. The third-order valence-corrected chi connectivity index (χ3v) is 3.79. The molecule has 2 amide bonds. The van der Waals surface area contributed by atoms with Crippen molar-refractivity contribution in [3.8, 4) is 5.75 Å². The normalized spacial score (nSPS) is 14.4. The van der Waals surface area contributed by atoms with Crippen LogP contribution in [0.15, 0.2) is 30.1 Å². The van der Waals surface area contributed by atoms with Crippen LogP contribution in [0.25, 0.3) is 0 Å². The number of amides is 2. The summed E-state index contributed by atoms with van der Waals surface area (Å²) in [7, 11) is 0. The van der Waals surface area contributed by atoms with E-state index in [1.54, 1.807) is 18.2 Å². The van der Waals surface area contributed by atoms with E-state index in [9.17, 15) is 14.0 Å². The summed E-state index contributed by atoms with van der Waals surface area (Å²) in [4.78, 5) is 25.6. The van der Waals surface area contributed by atoms with Crippen molar-refractivity contribution in [2.24, 2.45) is 5.73 Å². The number of benzene rings is 1. The summed E-state index contributed by atoms with van der Waals surface area (Å²) in [6.45, 7) is 3.07. The van der Waals surface area contributed by atoms with Gasteiger partial charge in [0.1, 0.15) is 12.4 Å². The Bertz CT molecular complexity index is 646. The van der Waals surface area contributed by atoms with Crippen molar-refractivity contribution in [1.82, 2.24) is 10.2 Å². The Kier molecular flexibility index (Phi) is 6.31. The minimum absolute atomic E-state index is 0.0610. The van der Waals surface area contributed by atoms with Crippen LogP contribution in [-0.4, -0.2) is 49.5 Å². The van der Waals surface area contributed by atoms with Gasteiger partial charge in [-0.1, -0.05) is 0 Å². The molecule has 7 heteroatoms. The smallest absolute Gasteiger partial charge is 0.254 e. The fourth-order valence-electron chi connectivity index (χ4n) is 2.49. The van der Waals surface area contributed by atoms with Gasteiger partial charge in [0.15, 0.2) is 0 Å². The Balaban J connectivity index is 2.04. The summed E-state index contributed by atoms with van der Waals surface area (Å²) in [6.07, 6.45) is 1.08. The Hall–Kier alpha value is -2.41. The van der Waals surface area contributed by atoms with Crippen molar-refractivity contribution in [2.75, 3.05) is 32.8 Å². The molecule has 1 aromatic carbocycles. The van der Waals surface area contributed by atoms with E-state index < -0.39 is 0 Å². The van der Waals surface area contributed by atoms with Gasteiger partial charge in [0.05, 0.1) is 12.9 Å². The van der Waals surface area contributed by atoms with Gasteiger partial charge in [-0.15, -0.1) is 0 Å². The molecule has 0 atom stereocenters. The highest BCUT2D eigenvalue weighted by Gasteiger charge is 2.26. The molecule has 1 aliphatic heterocycles. The molecule has 2 rings (SSSR count). The quantitative estimate of drug-likeness (QED) is 0.779. The van der Waals surface area contributed by atoms with Crippen LogP contribution in [0.5, 0.6) is 5.75 Å². The largest absolute Gasteiger partial charge is 0.489 e. The van der Waals surface area contributed by atoms with E-state index in [1.165, 1.54) is 4.90 Å². The lowest BCUT2D eigenvalue weighted by molar-refractivity contribution is -0.121. The maximum Gasteiger partial charge on any atom is 0.254 e. The number of nitrogens with one attached hydrogen (secondary N) is 1. The molecule has 0 fully saturated rings. The minimum Gasteiger partial charge on any atom is -0.489 e. The minimum atomic E-state index is -0.166. The number of carbonyl (C=O) groups is 2. The summed E-state index contributed by atoms with van der Waals surface area (Å²) >= 11 is 0. The summed E-state index contributed by atoms with van der Waals surface area (Å²) < 4.78 is 18.0. The first-order valence-corrected chi connectivity index (χ1v) is 7.89. The number of ether oxygens (including phenoxy) is 1. The number of hydrogen-bond donors (Lipinski definition) is 2. The van der Waals surface area contributed by atoms with Gasteiger partial charge in [0.25, 0.3) is 5.91 Å². The van der Waals surface area contributed by atoms with Crippen LogP contribution in [-0.2, 0) is 11.2 Å². The molecular formula is C17H22FN3O3. The summed E-state index contributed by atoms with van der Waals surface area (Å²) in [6, 6.07) is 5.12. The summed E-state index contributed by atoms with van der Waals surface area (Å²) in [5, 5.41) is 2.69. The predicted molar refractivity (Wildman–Crippen MR) is 88.5 cm³/mol. The highest BCUT2D eigenvalue weighted by Crippen LogP contribution is 2.24. The monoisotopic (exact) mass is 335 g/mol. The molecule has 0 aliphatic carbocycles. The summed E-state index contributed by atoms with van der Waals surface area (Å²) in [5.74, 6) is 0.230. The molecule has 0 saturated carbocycles. The Morgan fingerprint density at radius 2 is 2.29 bits per heavy atom. The lowest BCUT2D eigenvalue weighted by atomic mass is 9.98. The van der Waals surface area contributed by atoms with E-state index in [2.05, 4.69) is 5.32 Å². The van der Waals surface area contributed by atoms with Crippen LogP contribution in [0.3, 0.4) is 0 Å². The Morgan fingerprint density at radius 1 is 1.50 bits per heavy atom. The number of hydrogen-bond acceptors (Lipinski definition) is 4. The number of rotatable bonds is 7. The van der Waals surface area contributed by atoms with Crippen molar-refractivity contribution in [3.05, 3.63) is 41.2 Å². The molecule has 0 saturated heterocycles. The van der Waals surface area contributed by atoms with Crippen molar-refractivity contribution in [3.63, 3.8) is 0 Å². The van der Waals surface area contributed by atoms with Gasteiger partial charge in [-0.2, -0.15) is 0 Å². The van der Waals surface area contributed by atoms with Crippen LogP contribution in [0.2, 0.25) is 0 Å². The van der Waals surface area contributed by atoms with E-state index >= 15 is 0 Å². The van der Waals surface area contributed by atoms with Crippen molar-refractivity contribution < 1.29 is 18.7 Å². The molecule has 1 aliphatic rings. The topological polar surface area (TPSA) is 84.7 Å². The van der Waals surface area contributed by atoms with Gasteiger partial charge in [0.2, 0.25) is 5.91 Å². The first-order chi connectivity index (χ1) is 11.6. The number of nitrogens with two attached hydrogens (primary N) is 1. The SMILES string of the molecule is CCNC(=O)CN1CCc2cc(OC/C(=C/F)CN)ccc2C1=O. The highest BCUT2D eigenvalue weighted by molar-refractivity contribution is 5.98. The molecule has 130 valence electrons. The third kappa shape index (κ3) is 4.32. The Morgan fingerprint density at radius 3 is 2.96 bits per heavy atom. The predicted octanol–water partition coefficient (Wildman–Crippen LogP) is 1.01. The fourth-order valence-corrected chi connectivity index (χ4v) is 2.49. The van der Waals surface area contributed by atoms with Gasteiger partial charge < -0.3 is 20.7 Å². The second-order valence-electron chi connectivity index (χ2n) is 5.51. The van der Waals surface area contributed by atoms with Crippen LogP contribution >= 0.6 is 0 Å². The van der Waals surface area contributed by atoms with Gasteiger partial charge in [-0.05, 0) is 37.1 Å².